The molecule has 0 radical (unpaired) electrons. The summed E-state index contributed by atoms with van der Waals surface area (Å²) in [5.41, 5.74) is 6.85. The maximum atomic E-state index is 9.17. The van der Waals surface area contributed by atoms with Crippen LogP contribution in [0, 0.1) is 3.57 Å². The van der Waals surface area contributed by atoms with Crippen molar-refractivity contribution in [1.29, 1.82) is 0 Å². The van der Waals surface area contributed by atoms with Crippen LogP contribution in [0.4, 0.5) is 0 Å². The number of hydrogen-bond donors (Lipinski definition) is 2. The SMILES string of the molecule is COCC(N)c1ccc(O)cc1I. The highest BCUT2D eigenvalue weighted by molar-refractivity contribution is 14.1. The van der Waals surface area contributed by atoms with Gasteiger partial charge in [0, 0.05) is 10.7 Å². The minimum absolute atomic E-state index is 0.127. The van der Waals surface area contributed by atoms with Crippen LogP contribution in [0.1, 0.15) is 11.6 Å². The van der Waals surface area contributed by atoms with Gasteiger partial charge in [0.2, 0.25) is 0 Å². The van der Waals surface area contributed by atoms with Crippen LogP contribution < -0.4 is 5.73 Å². The average Bonchev–Trinajstić information content (AvgIpc) is 2.04. The Morgan fingerprint density at radius 3 is 2.85 bits per heavy atom. The molecule has 0 aromatic heterocycles. The highest BCUT2D eigenvalue weighted by Crippen LogP contribution is 2.22. The summed E-state index contributed by atoms with van der Waals surface area (Å²) in [6, 6.07) is 5.01. The van der Waals surface area contributed by atoms with Crippen LogP contribution in [-0.2, 0) is 4.74 Å². The lowest BCUT2D eigenvalue weighted by Crippen LogP contribution is -2.17. The molecule has 0 fully saturated rings. The molecule has 0 bridgehead atoms. The Balaban J connectivity index is 2.88. The smallest absolute Gasteiger partial charge is 0.116 e. The summed E-state index contributed by atoms with van der Waals surface area (Å²) in [6.07, 6.45) is 0. The van der Waals surface area contributed by atoms with Gasteiger partial charge in [0.05, 0.1) is 12.6 Å². The highest BCUT2D eigenvalue weighted by Gasteiger charge is 2.09. The quantitative estimate of drug-likeness (QED) is 0.833. The van der Waals surface area contributed by atoms with Crippen LogP contribution in [0.5, 0.6) is 5.75 Å². The van der Waals surface area contributed by atoms with Gasteiger partial charge in [-0.15, -0.1) is 0 Å². The molecule has 1 aromatic carbocycles. The van der Waals surface area contributed by atoms with Crippen LogP contribution >= 0.6 is 22.6 Å². The number of nitrogens with two attached hydrogens (primary N) is 1. The van der Waals surface area contributed by atoms with Crippen molar-refractivity contribution in [2.75, 3.05) is 13.7 Å². The second kappa shape index (κ2) is 4.78. The van der Waals surface area contributed by atoms with Crippen LogP contribution in [0.15, 0.2) is 18.2 Å². The fraction of sp³-hybridized carbons (Fsp3) is 0.333. The fourth-order valence-electron chi connectivity index (χ4n) is 1.09. The molecule has 0 aliphatic rings. The van der Waals surface area contributed by atoms with Crippen LogP contribution in [-0.4, -0.2) is 18.8 Å². The summed E-state index contributed by atoms with van der Waals surface area (Å²) in [4.78, 5) is 0. The van der Waals surface area contributed by atoms with Gasteiger partial charge in [-0.25, -0.2) is 0 Å². The minimum atomic E-state index is -0.127. The summed E-state index contributed by atoms with van der Waals surface area (Å²) in [5, 5.41) is 9.17. The van der Waals surface area contributed by atoms with Gasteiger partial charge in [0.25, 0.3) is 0 Å². The van der Waals surface area contributed by atoms with E-state index in [0.717, 1.165) is 9.13 Å². The maximum absolute atomic E-state index is 9.17. The van der Waals surface area contributed by atoms with Crippen molar-refractivity contribution < 1.29 is 9.84 Å². The first kappa shape index (κ1) is 10.7. The van der Waals surface area contributed by atoms with E-state index in [2.05, 4.69) is 22.6 Å². The summed E-state index contributed by atoms with van der Waals surface area (Å²) < 4.78 is 5.91. The van der Waals surface area contributed by atoms with Gasteiger partial charge in [-0.05, 0) is 40.3 Å². The number of hydrogen-bond acceptors (Lipinski definition) is 3. The van der Waals surface area contributed by atoms with Crippen molar-refractivity contribution in [2.45, 2.75) is 6.04 Å². The number of benzene rings is 1. The molecule has 1 rings (SSSR count). The van der Waals surface area contributed by atoms with E-state index in [4.69, 9.17) is 10.5 Å². The molecule has 13 heavy (non-hydrogen) atoms. The molecular formula is C9H12INO2. The number of phenols is 1. The monoisotopic (exact) mass is 293 g/mol. The van der Waals surface area contributed by atoms with Gasteiger partial charge >= 0.3 is 0 Å². The second-order valence-corrected chi connectivity index (χ2v) is 3.93. The lowest BCUT2D eigenvalue weighted by molar-refractivity contribution is 0.180. The van der Waals surface area contributed by atoms with Gasteiger partial charge in [-0.3, -0.25) is 0 Å². The second-order valence-electron chi connectivity index (χ2n) is 2.77. The molecule has 0 aliphatic carbocycles. The van der Waals surface area contributed by atoms with Gasteiger partial charge < -0.3 is 15.6 Å². The Morgan fingerprint density at radius 1 is 1.62 bits per heavy atom. The Labute approximate surface area is 91.0 Å². The van der Waals surface area contributed by atoms with E-state index in [1.807, 2.05) is 6.07 Å². The van der Waals surface area contributed by atoms with Crippen molar-refractivity contribution in [2.24, 2.45) is 5.73 Å². The molecule has 1 atom stereocenters. The Kier molecular flexibility index (Phi) is 3.95. The van der Waals surface area contributed by atoms with Gasteiger partial charge in [-0.2, -0.15) is 0 Å². The largest absolute Gasteiger partial charge is 0.508 e. The lowest BCUT2D eigenvalue weighted by atomic mass is 10.1. The molecule has 1 unspecified atom stereocenters. The van der Waals surface area contributed by atoms with E-state index >= 15 is 0 Å². The fourth-order valence-corrected chi connectivity index (χ4v) is 1.98. The molecule has 0 spiro atoms. The van der Waals surface area contributed by atoms with Crippen molar-refractivity contribution in [3.63, 3.8) is 0 Å². The third-order valence-electron chi connectivity index (χ3n) is 1.73. The normalized spacial score (nSPS) is 12.8. The Morgan fingerprint density at radius 2 is 2.31 bits per heavy atom. The van der Waals surface area contributed by atoms with E-state index in [9.17, 15) is 5.11 Å². The predicted molar refractivity (Wildman–Crippen MR) is 59.6 cm³/mol. The molecule has 0 heterocycles. The molecule has 3 nitrogen and oxygen atoms in total. The summed E-state index contributed by atoms with van der Waals surface area (Å²) in [7, 11) is 1.62. The third kappa shape index (κ3) is 2.82. The molecule has 72 valence electrons. The molecule has 4 heteroatoms. The summed E-state index contributed by atoms with van der Waals surface area (Å²) in [6.45, 7) is 0.487. The number of rotatable bonds is 3. The number of methoxy groups -OCH3 is 1. The number of ether oxygens (including phenoxy) is 1. The van der Waals surface area contributed by atoms with Crippen molar-refractivity contribution in [3.05, 3.63) is 27.3 Å². The summed E-state index contributed by atoms with van der Waals surface area (Å²) in [5.74, 6) is 0.262. The van der Waals surface area contributed by atoms with E-state index in [0.29, 0.717) is 6.61 Å². The molecule has 0 aliphatic heterocycles. The van der Waals surface area contributed by atoms with Crippen LogP contribution in [0.25, 0.3) is 0 Å². The lowest BCUT2D eigenvalue weighted by Gasteiger charge is -2.12. The number of aromatic hydroxyl groups is 1. The molecule has 0 saturated heterocycles. The molecule has 0 saturated carbocycles. The average molecular weight is 293 g/mol. The Bertz CT molecular complexity index is 291. The number of halogens is 1. The predicted octanol–water partition coefficient (Wildman–Crippen LogP) is 1.64. The number of phenolic OH excluding ortho intramolecular Hbond substituents is 1. The molecular weight excluding hydrogens is 281 g/mol. The third-order valence-corrected chi connectivity index (χ3v) is 2.66. The molecule has 3 N–H and O–H groups in total. The van der Waals surface area contributed by atoms with E-state index in [1.165, 1.54) is 0 Å². The molecule has 1 aromatic rings. The first-order valence-electron chi connectivity index (χ1n) is 3.88. The van der Waals surface area contributed by atoms with Gasteiger partial charge in [-0.1, -0.05) is 6.07 Å². The zero-order chi connectivity index (χ0) is 9.84. The van der Waals surface area contributed by atoms with Gasteiger partial charge in [0.1, 0.15) is 5.75 Å². The van der Waals surface area contributed by atoms with E-state index in [1.54, 1.807) is 19.2 Å². The van der Waals surface area contributed by atoms with E-state index < -0.39 is 0 Å². The maximum Gasteiger partial charge on any atom is 0.116 e. The standard InChI is InChI=1S/C9H12INO2/c1-13-5-9(11)7-3-2-6(12)4-8(7)10/h2-4,9,12H,5,11H2,1H3. The Hall–Kier alpha value is -0.330. The van der Waals surface area contributed by atoms with Crippen molar-refractivity contribution in [1.82, 2.24) is 0 Å². The van der Waals surface area contributed by atoms with Crippen molar-refractivity contribution in [3.8, 4) is 5.75 Å². The zero-order valence-electron chi connectivity index (χ0n) is 7.33. The van der Waals surface area contributed by atoms with Gasteiger partial charge in [0.15, 0.2) is 0 Å². The summed E-state index contributed by atoms with van der Waals surface area (Å²) >= 11 is 2.15. The van der Waals surface area contributed by atoms with E-state index in [-0.39, 0.29) is 11.8 Å². The van der Waals surface area contributed by atoms with Crippen LogP contribution in [0.2, 0.25) is 0 Å². The first-order chi connectivity index (χ1) is 6.15. The van der Waals surface area contributed by atoms with Crippen LogP contribution in [0.3, 0.4) is 0 Å². The molecule has 0 amide bonds. The zero-order valence-corrected chi connectivity index (χ0v) is 9.48. The minimum Gasteiger partial charge on any atom is -0.508 e. The first-order valence-corrected chi connectivity index (χ1v) is 4.96. The van der Waals surface area contributed by atoms with Crippen molar-refractivity contribution >= 4 is 22.6 Å². The topological polar surface area (TPSA) is 55.5 Å². The highest BCUT2D eigenvalue weighted by atomic mass is 127.